The summed E-state index contributed by atoms with van der Waals surface area (Å²) >= 11 is 6.40. The van der Waals surface area contributed by atoms with E-state index in [1.165, 1.54) is 24.2 Å². The molecule has 0 unspecified atom stereocenters. The van der Waals surface area contributed by atoms with E-state index in [0.29, 0.717) is 42.4 Å². The maximum absolute atomic E-state index is 13.4. The summed E-state index contributed by atoms with van der Waals surface area (Å²) in [7, 11) is -2.41. The number of anilines is 1. The average Bonchev–Trinajstić information content (AvgIpc) is 3.31. The number of piperazine rings is 1. The fourth-order valence-electron chi connectivity index (χ4n) is 9.47. The van der Waals surface area contributed by atoms with Gasteiger partial charge in [0.25, 0.3) is 5.91 Å². The number of benzene rings is 2. The second-order valence-corrected chi connectivity index (χ2v) is 19.4. The van der Waals surface area contributed by atoms with Crippen molar-refractivity contribution in [3.8, 4) is 5.75 Å². The number of methoxy groups -OCH3 is 1. The average molecular weight is 797 g/mol. The minimum atomic E-state index is -3.97. The van der Waals surface area contributed by atoms with E-state index in [1.54, 1.807) is 32.2 Å². The Bertz CT molecular complexity index is 1880. The summed E-state index contributed by atoms with van der Waals surface area (Å²) in [6.45, 7) is 13.9. The molecule has 1 amide bonds. The number of rotatable bonds is 3. The molecule has 300 valence electrons. The minimum Gasteiger partial charge on any atom is -0.490 e. The van der Waals surface area contributed by atoms with E-state index in [9.17, 15) is 18.0 Å². The van der Waals surface area contributed by atoms with Gasteiger partial charge in [-0.2, -0.15) is 0 Å². The number of fused-ring (bicyclic) bond motifs is 4. The third-order valence-corrected chi connectivity index (χ3v) is 15.6. The number of carbonyl (C=O) groups is 2. The predicted octanol–water partition coefficient (Wildman–Crippen LogP) is 5.15. The molecular formula is C42H57ClN4O7S. The lowest BCUT2D eigenvalue weighted by atomic mass is 9.64. The van der Waals surface area contributed by atoms with Crippen LogP contribution >= 0.6 is 11.6 Å². The van der Waals surface area contributed by atoms with Gasteiger partial charge >= 0.3 is 0 Å². The van der Waals surface area contributed by atoms with Gasteiger partial charge in [0, 0.05) is 68.3 Å². The molecule has 0 radical (unpaired) electrons. The summed E-state index contributed by atoms with van der Waals surface area (Å²) in [5, 5.41) is 3.23. The molecule has 2 aliphatic carbocycles. The standard InChI is InChI=1S/C34H41ClN2O6S.C8H16N2O/c1-22-6-4-15-34(20-38,42-3)29-11-8-26(29)18-37-19-33(14-5-7-24-16-27(35)10-12-28(24)33)21-43-31-13-9-25(17-30(31)37)32(39)36-44(40,41)23(22)2;1-8(6-11-7-8)10-4-2-9-3-5-10/h4,9-10,12-13,15-17,20,22-23,26,29H,5-8,11,14,18-19,21H2,1-3H3,(H,36,39);9H,2-7H2,1H3/b15-4+;/t22-,23+,26-,29+,33-,34-;/m0./s1. The summed E-state index contributed by atoms with van der Waals surface area (Å²) in [4.78, 5) is 30.9. The molecule has 13 heteroatoms. The third kappa shape index (κ3) is 7.96. The molecule has 8 rings (SSSR count). The highest BCUT2D eigenvalue weighted by atomic mass is 35.5. The van der Waals surface area contributed by atoms with Gasteiger partial charge in [0.05, 0.1) is 36.3 Å². The van der Waals surface area contributed by atoms with E-state index in [-0.39, 0.29) is 28.7 Å². The molecular weight excluding hydrogens is 740 g/mol. The van der Waals surface area contributed by atoms with Gasteiger partial charge in [-0.3, -0.25) is 14.5 Å². The molecule has 0 aromatic heterocycles. The second-order valence-electron chi connectivity index (χ2n) is 16.9. The first-order valence-corrected chi connectivity index (χ1v) is 21.8. The van der Waals surface area contributed by atoms with Crippen LogP contribution in [-0.4, -0.2) is 108 Å². The first-order valence-electron chi connectivity index (χ1n) is 19.9. The lowest BCUT2D eigenvalue weighted by Crippen LogP contribution is -2.64. The van der Waals surface area contributed by atoms with Gasteiger partial charge in [-0.15, -0.1) is 0 Å². The lowest BCUT2D eigenvalue weighted by molar-refractivity contribution is -0.135. The van der Waals surface area contributed by atoms with E-state index in [0.717, 1.165) is 70.4 Å². The van der Waals surface area contributed by atoms with E-state index in [2.05, 4.69) is 38.9 Å². The normalized spacial score (nSPS) is 33.4. The van der Waals surface area contributed by atoms with Crippen molar-refractivity contribution in [2.45, 2.75) is 81.1 Å². The van der Waals surface area contributed by atoms with Crippen LogP contribution < -0.4 is 19.7 Å². The summed E-state index contributed by atoms with van der Waals surface area (Å²) in [5.41, 5.74) is 2.41. The number of carbonyl (C=O) groups excluding carboxylic acids is 2. The van der Waals surface area contributed by atoms with Crippen molar-refractivity contribution in [2.75, 3.05) is 71.1 Å². The fourth-order valence-corrected chi connectivity index (χ4v) is 10.9. The molecule has 55 heavy (non-hydrogen) atoms. The van der Waals surface area contributed by atoms with Crippen molar-refractivity contribution in [3.63, 3.8) is 0 Å². The Kier molecular flexibility index (Phi) is 11.8. The molecule has 2 aromatic carbocycles. The molecule has 4 aliphatic heterocycles. The number of allylic oxidation sites excluding steroid dienone is 1. The van der Waals surface area contributed by atoms with Crippen molar-refractivity contribution < 1.29 is 32.2 Å². The van der Waals surface area contributed by atoms with Gasteiger partial charge < -0.3 is 24.4 Å². The maximum atomic E-state index is 13.4. The highest BCUT2D eigenvalue weighted by molar-refractivity contribution is 7.90. The Hall–Kier alpha value is -3.00. The Labute approximate surface area is 331 Å². The number of sulfonamides is 1. The van der Waals surface area contributed by atoms with Crippen molar-refractivity contribution in [2.24, 2.45) is 17.8 Å². The van der Waals surface area contributed by atoms with Gasteiger partial charge in [0.2, 0.25) is 10.0 Å². The Morgan fingerprint density at radius 3 is 2.51 bits per heavy atom. The number of hydrogen-bond donors (Lipinski definition) is 2. The predicted molar refractivity (Wildman–Crippen MR) is 215 cm³/mol. The minimum absolute atomic E-state index is 0.0434. The lowest BCUT2D eigenvalue weighted by Gasteiger charge is -2.48. The molecule has 11 nitrogen and oxygen atoms in total. The Morgan fingerprint density at radius 2 is 1.84 bits per heavy atom. The molecule has 3 fully saturated rings. The van der Waals surface area contributed by atoms with Crippen LogP contribution in [0.4, 0.5) is 5.69 Å². The SMILES string of the molecule is CC1(N2CCNCC2)COC1.CO[C@]1(C=O)/C=C/C[C@H](C)[C@@H](C)S(=O)(=O)NC(=O)c2ccc3c(c2)N(C[C@@H]2CC[C@H]21)C[C@@]1(CCCc2cc(Cl)ccc21)CO3. The number of nitrogens with zero attached hydrogens (tertiary/aromatic N) is 2. The van der Waals surface area contributed by atoms with Gasteiger partial charge in [-0.1, -0.05) is 30.7 Å². The molecule has 2 saturated heterocycles. The van der Waals surface area contributed by atoms with Crippen LogP contribution in [-0.2, 0) is 36.1 Å². The van der Waals surface area contributed by atoms with Crippen LogP contribution in [0.25, 0.3) is 0 Å². The topological polar surface area (TPSA) is 127 Å². The summed E-state index contributed by atoms with van der Waals surface area (Å²) in [5.74, 6) is -0.203. The first kappa shape index (κ1) is 40.2. The summed E-state index contributed by atoms with van der Waals surface area (Å²) in [6, 6.07) is 11.3. The van der Waals surface area contributed by atoms with Gasteiger partial charge in [-0.05, 0) is 112 Å². The van der Waals surface area contributed by atoms with Gasteiger partial charge in [0.15, 0.2) is 6.29 Å². The maximum Gasteiger partial charge on any atom is 0.264 e. The van der Waals surface area contributed by atoms with Crippen molar-refractivity contribution in [3.05, 3.63) is 70.3 Å². The molecule has 2 bridgehead atoms. The number of ether oxygens (including phenoxy) is 3. The Morgan fingerprint density at radius 1 is 1.05 bits per heavy atom. The van der Waals surface area contributed by atoms with Crippen molar-refractivity contribution >= 4 is 39.5 Å². The monoisotopic (exact) mass is 796 g/mol. The molecule has 2 aromatic rings. The third-order valence-electron chi connectivity index (χ3n) is 13.4. The zero-order chi connectivity index (χ0) is 39.0. The summed E-state index contributed by atoms with van der Waals surface area (Å²) < 4.78 is 46.6. The van der Waals surface area contributed by atoms with E-state index in [1.807, 2.05) is 25.1 Å². The van der Waals surface area contributed by atoms with Crippen LogP contribution in [0, 0.1) is 17.8 Å². The molecule has 1 spiro atoms. The first-order chi connectivity index (χ1) is 26.3. The zero-order valence-electron chi connectivity index (χ0n) is 32.7. The Balaban J connectivity index is 0.000000360. The van der Waals surface area contributed by atoms with Gasteiger partial charge in [0.1, 0.15) is 11.4 Å². The van der Waals surface area contributed by atoms with E-state index in [4.69, 9.17) is 25.8 Å². The quantitative estimate of drug-likeness (QED) is 0.319. The van der Waals surface area contributed by atoms with E-state index < -0.39 is 26.8 Å². The number of aldehydes is 1. The number of aryl methyl sites for hydroxylation is 1. The number of amides is 1. The van der Waals surface area contributed by atoms with E-state index >= 15 is 0 Å². The van der Waals surface area contributed by atoms with Crippen molar-refractivity contribution in [1.29, 1.82) is 0 Å². The van der Waals surface area contributed by atoms with Crippen LogP contribution in [0.15, 0.2) is 48.6 Å². The van der Waals surface area contributed by atoms with Crippen LogP contribution in [0.5, 0.6) is 5.75 Å². The molecule has 6 aliphatic rings. The fraction of sp³-hybridized carbons (Fsp3) is 0.619. The molecule has 1 saturated carbocycles. The summed E-state index contributed by atoms with van der Waals surface area (Å²) in [6.07, 6.45) is 9.65. The van der Waals surface area contributed by atoms with Crippen LogP contribution in [0.2, 0.25) is 5.02 Å². The van der Waals surface area contributed by atoms with Crippen LogP contribution in [0.1, 0.15) is 74.4 Å². The molecule has 6 atom stereocenters. The van der Waals surface area contributed by atoms with Crippen molar-refractivity contribution in [1.82, 2.24) is 14.9 Å². The number of halogens is 1. The molecule has 4 heterocycles. The van der Waals surface area contributed by atoms with Crippen LogP contribution in [0.3, 0.4) is 0 Å². The molecule has 2 N–H and O–H groups in total. The highest BCUT2D eigenvalue weighted by Gasteiger charge is 2.49. The number of nitrogens with one attached hydrogen (secondary N) is 2. The highest BCUT2D eigenvalue weighted by Crippen LogP contribution is 2.48. The smallest absolute Gasteiger partial charge is 0.264 e. The number of hydrogen-bond acceptors (Lipinski definition) is 10. The largest absolute Gasteiger partial charge is 0.490 e. The second kappa shape index (κ2) is 16.1. The van der Waals surface area contributed by atoms with Gasteiger partial charge in [-0.25, -0.2) is 13.1 Å². The zero-order valence-corrected chi connectivity index (χ0v) is 34.2.